The minimum absolute atomic E-state index is 0.139. The van der Waals surface area contributed by atoms with Gasteiger partial charge in [-0.05, 0) is 30.3 Å². The van der Waals surface area contributed by atoms with Gasteiger partial charge in [-0.15, -0.1) is 0 Å². The first-order chi connectivity index (χ1) is 11.1. The van der Waals surface area contributed by atoms with E-state index in [4.69, 9.17) is 21.1 Å². The molecule has 120 valence electrons. The molecule has 7 heteroatoms. The van der Waals surface area contributed by atoms with E-state index in [2.05, 4.69) is 0 Å². The standard InChI is InChI=1S/C16H15ClN2O4/c17-12-4-3-11(16(21)22)10-13(12)18-5-7-19(8-6-18)15(20)14-2-1-9-23-14/h1-4,9-10H,5-8H2,(H,21,22). The number of carbonyl (C=O) groups excluding carboxylic acids is 1. The zero-order valence-corrected chi connectivity index (χ0v) is 13.0. The summed E-state index contributed by atoms with van der Waals surface area (Å²) in [6, 6.07) is 7.95. The Morgan fingerprint density at radius 3 is 2.48 bits per heavy atom. The molecule has 1 amide bonds. The van der Waals surface area contributed by atoms with E-state index < -0.39 is 5.97 Å². The molecule has 2 heterocycles. The normalized spacial score (nSPS) is 14.8. The average molecular weight is 335 g/mol. The number of carboxylic acid groups (broad SMARTS) is 1. The summed E-state index contributed by atoms with van der Waals surface area (Å²) >= 11 is 6.18. The maximum Gasteiger partial charge on any atom is 0.335 e. The molecule has 0 atom stereocenters. The lowest BCUT2D eigenvalue weighted by atomic mass is 10.1. The fourth-order valence-electron chi connectivity index (χ4n) is 2.59. The Morgan fingerprint density at radius 1 is 1.13 bits per heavy atom. The van der Waals surface area contributed by atoms with E-state index in [1.807, 2.05) is 4.90 Å². The van der Waals surface area contributed by atoms with Gasteiger partial charge in [0.05, 0.1) is 22.5 Å². The van der Waals surface area contributed by atoms with Gasteiger partial charge in [-0.25, -0.2) is 4.79 Å². The van der Waals surface area contributed by atoms with Gasteiger partial charge < -0.3 is 19.3 Å². The number of hydrogen-bond acceptors (Lipinski definition) is 4. The van der Waals surface area contributed by atoms with Gasteiger partial charge in [0.1, 0.15) is 0 Å². The summed E-state index contributed by atoms with van der Waals surface area (Å²) in [5.41, 5.74) is 0.871. The van der Waals surface area contributed by atoms with Crippen LogP contribution in [0.4, 0.5) is 5.69 Å². The topological polar surface area (TPSA) is 74.0 Å². The molecule has 0 spiro atoms. The summed E-state index contributed by atoms with van der Waals surface area (Å²) < 4.78 is 5.13. The SMILES string of the molecule is O=C(O)c1ccc(Cl)c(N2CCN(C(=O)c3ccco3)CC2)c1. The van der Waals surface area contributed by atoms with Gasteiger partial charge in [0.2, 0.25) is 0 Å². The Bertz CT molecular complexity index is 722. The van der Waals surface area contributed by atoms with Crippen LogP contribution in [0.2, 0.25) is 5.02 Å². The first-order valence-electron chi connectivity index (χ1n) is 7.17. The molecule has 1 aromatic heterocycles. The number of rotatable bonds is 3. The molecule has 23 heavy (non-hydrogen) atoms. The Morgan fingerprint density at radius 2 is 1.87 bits per heavy atom. The number of carbonyl (C=O) groups is 2. The third-order valence-electron chi connectivity index (χ3n) is 3.83. The minimum atomic E-state index is -0.991. The van der Waals surface area contributed by atoms with Crippen molar-refractivity contribution in [3.05, 3.63) is 52.9 Å². The lowest BCUT2D eigenvalue weighted by Crippen LogP contribution is -2.48. The molecule has 1 aromatic carbocycles. The molecule has 0 saturated carbocycles. The molecule has 3 rings (SSSR count). The van der Waals surface area contributed by atoms with Gasteiger partial charge in [0.15, 0.2) is 5.76 Å². The van der Waals surface area contributed by atoms with E-state index in [0.717, 1.165) is 0 Å². The average Bonchev–Trinajstić information content (AvgIpc) is 3.09. The molecular weight excluding hydrogens is 320 g/mol. The second-order valence-electron chi connectivity index (χ2n) is 5.23. The van der Waals surface area contributed by atoms with Crippen molar-refractivity contribution >= 4 is 29.2 Å². The molecule has 0 radical (unpaired) electrons. The predicted octanol–water partition coefficient (Wildman–Crippen LogP) is 2.59. The van der Waals surface area contributed by atoms with Gasteiger partial charge in [-0.1, -0.05) is 11.6 Å². The van der Waals surface area contributed by atoms with Crippen LogP contribution in [-0.4, -0.2) is 48.1 Å². The Hall–Kier alpha value is -2.47. The lowest BCUT2D eigenvalue weighted by Gasteiger charge is -2.36. The van der Waals surface area contributed by atoms with E-state index in [0.29, 0.717) is 42.6 Å². The van der Waals surface area contributed by atoms with E-state index >= 15 is 0 Å². The van der Waals surface area contributed by atoms with Crippen LogP contribution in [0.15, 0.2) is 41.0 Å². The number of anilines is 1. The smallest absolute Gasteiger partial charge is 0.335 e. The molecule has 1 aliphatic heterocycles. The zero-order valence-electron chi connectivity index (χ0n) is 12.2. The number of aromatic carboxylic acids is 1. The summed E-state index contributed by atoms with van der Waals surface area (Å²) in [5, 5.41) is 9.59. The maximum absolute atomic E-state index is 12.2. The van der Waals surface area contributed by atoms with Crippen LogP contribution in [0, 0.1) is 0 Å². The first kappa shape index (κ1) is 15.4. The summed E-state index contributed by atoms with van der Waals surface area (Å²) in [6.07, 6.45) is 1.47. The van der Waals surface area contributed by atoms with Gasteiger partial charge in [-0.3, -0.25) is 4.79 Å². The van der Waals surface area contributed by atoms with E-state index in [1.54, 1.807) is 29.2 Å². The van der Waals surface area contributed by atoms with Crippen molar-refractivity contribution in [2.45, 2.75) is 0 Å². The van der Waals surface area contributed by atoms with Gasteiger partial charge in [0, 0.05) is 26.2 Å². The molecule has 6 nitrogen and oxygen atoms in total. The van der Waals surface area contributed by atoms with E-state index in [1.165, 1.54) is 12.3 Å². The highest BCUT2D eigenvalue weighted by Crippen LogP contribution is 2.28. The Labute approximate surface area is 137 Å². The van der Waals surface area contributed by atoms with Crippen LogP contribution < -0.4 is 4.90 Å². The number of furan rings is 1. The number of amides is 1. The van der Waals surface area contributed by atoms with E-state index in [9.17, 15) is 9.59 Å². The first-order valence-corrected chi connectivity index (χ1v) is 7.54. The molecule has 1 saturated heterocycles. The van der Waals surface area contributed by atoms with Gasteiger partial charge in [-0.2, -0.15) is 0 Å². The molecule has 1 aliphatic rings. The van der Waals surface area contributed by atoms with E-state index in [-0.39, 0.29) is 11.5 Å². The molecule has 1 fully saturated rings. The summed E-state index contributed by atoms with van der Waals surface area (Å²) in [4.78, 5) is 27.0. The third kappa shape index (κ3) is 3.17. The second kappa shape index (κ2) is 6.34. The summed E-state index contributed by atoms with van der Waals surface area (Å²) in [7, 11) is 0. The zero-order chi connectivity index (χ0) is 16.4. The summed E-state index contributed by atoms with van der Waals surface area (Å²) in [5.74, 6) is -0.807. The lowest BCUT2D eigenvalue weighted by molar-refractivity contribution is 0.0694. The van der Waals surface area contributed by atoms with Crippen LogP contribution >= 0.6 is 11.6 Å². The quantitative estimate of drug-likeness (QED) is 0.934. The monoisotopic (exact) mass is 334 g/mol. The van der Waals surface area contributed by atoms with Crippen molar-refractivity contribution in [3.8, 4) is 0 Å². The van der Waals surface area contributed by atoms with Crippen LogP contribution in [0.1, 0.15) is 20.9 Å². The largest absolute Gasteiger partial charge is 0.478 e. The highest BCUT2D eigenvalue weighted by molar-refractivity contribution is 6.33. The van der Waals surface area contributed by atoms with Crippen LogP contribution in [-0.2, 0) is 0 Å². The molecule has 0 unspecified atom stereocenters. The maximum atomic E-state index is 12.2. The number of hydrogen-bond donors (Lipinski definition) is 1. The summed E-state index contributed by atoms with van der Waals surface area (Å²) in [6.45, 7) is 2.20. The highest BCUT2D eigenvalue weighted by atomic mass is 35.5. The second-order valence-corrected chi connectivity index (χ2v) is 5.64. The highest BCUT2D eigenvalue weighted by Gasteiger charge is 2.25. The number of halogens is 1. The molecule has 0 bridgehead atoms. The molecule has 1 N–H and O–H groups in total. The minimum Gasteiger partial charge on any atom is -0.478 e. The van der Waals surface area contributed by atoms with Crippen molar-refractivity contribution in [2.75, 3.05) is 31.1 Å². The van der Waals surface area contributed by atoms with Crippen LogP contribution in [0.3, 0.4) is 0 Å². The van der Waals surface area contributed by atoms with Crippen molar-refractivity contribution in [3.63, 3.8) is 0 Å². The predicted molar refractivity (Wildman–Crippen MR) is 85.2 cm³/mol. The van der Waals surface area contributed by atoms with Crippen LogP contribution in [0.5, 0.6) is 0 Å². The van der Waals surface area contributed by atoms with Crippen molar-refractivity contribution in [1.29, 1.82) is 0 Å². The van der Waals surface area contributed by atoms with Gasteiger partial charge in [0.25, 0.3) is 5.91 Å². The van der Waals surface area contributed by atoms with Gasteiger partial charge >= 0.3 is 5.97 Å². The number of carboxylic acids is 1. The third-order valence-corrected chi connectivity index (χ3v) is 4.15. The van der Waals surface area contributed by atoms with Crippen molar-refractivity contribution in [1.82, 2.24) is 4.90 Å². The fraction of sp³-hybridized carbons (Fsp3) is 0.250. The number of nitrogens with zero attached hydrogens (tertiary/aromatic N) is 2. The van der Waals surface area contributed by atoms with Crippen LogP contribution in [0.25, 0.3) is 0 Å². The number of benzene rings is 1. The molecule has 0 aliphatic carbocycles. The van der Waals surface area contributed by atoms with Crippen molar-refractivity contribution in [2.24, 2.45) is 0 Å². The Balaban J connectivity index is 1.71. The van der Waals surface area contributed by atoms with Crippen molar-refractivity contribution < 1.29 is 19.1 Å². The Kier molecular flexibility index (Phi) is 4.25. The number of piperazine rings is 1. The molecule has 2 aromatic rings. The fourth-order valence-corrected chi connectivity index (χ4v) is 2.83. The molecular formula is C16H15ClN2O4.